The van der Waals surface area contributed by atoms with E-state index in [0.29, 0.717) is 5.69 Å². The number of hydrogen-bond acceptors (Lipinski definition) is 3. The second-order valence-corrected chi connectivity index (χ2v) is 20.5. The molecule has 1 saturated heterocycles. The molecule has 3 rings (SSSR count). The first-order chi connectivity index (χ1) is 67.7. The van der Waals surface area contributed by atoms with Gasteiger partial charge in [0.05, 0.1) is 12.3 Å². The van der Waals surface area contributed by atoms with E-state index in [0.717, 1.165) is 11.3 Å². The van der Waals surface area contributed by atoms with Gasteiger partial charge >= 0.3 is 0 Å². The molecule has 7 heteroatoms. The molecule has 1 heterocycles. The molecule has 1 fully saturated rings. The Labute approximate surface area is 808 Å². The minimum absolute atomic E-state index is 0.0871. The number of hydrogen-bond donors (Lipinski definition) is 0. The van der Waals surface area contributed by atoms with Crippen molar-refractivity contribution < 1.29 is 9.18 Å². The van der Waals surface area contributed by atoms with Gasteiger partial charge in [0.25, 0.3) is 5.91 Å². The van der Waals surface area contributed by atoms with E-state index in [4.69, 9.17) is 30.5 Å². The van der Waals surface area contributed by atoms with Crippen LogP contribution in [0, 0.1) is 682 Å². The lowest BCUT2D eigenvalue weighted by Crippen LogP contribution is -2.44. The predicted octanol–water partition coefficient (Wildman–Crippen LogP) is 4.93. The molecule has 0 spiro atoms. The smallest absolute Gasteiger partial charge is 0.259 e. The Kier molecular flexibility index (Phi) is 63.4. The Bertz CT molecular complexity index is 9100. The molecule has 1 aliphatic heterocycles. The average molecular weight is 1700 g/mol. The van der Waals surface area contributed by atoms with Crippen LogP contribution in [0.5, 0.6) is 0 Å². The number of amides is 1. The van der Waals surface area contributed by atoms with Crippen LogP contribution < -0.4 is 9.80 Å². The van der Waals surface area contributed by atoms with E-state index >= 15 is 0 Å². The molecule has 576 valence electrons. The van der Waals surface area contributed by atoms with Crippen molar-refractivity contribution in [2.75, 3.05) is 9.80 Å². The minimum atomic E-state index is -0.902. The molecule has 0 saturated carbocycles. The van der Waals surface area contributed by atoms with Gasteiger partial charge in [-0.2, -0.15) is 5.26 Å². The van der Waals surface area contributed by atoms with E-state index in [2.05, 4.69) is 650 Å². The third-order valence-corrected chi connectivity index (χ3v) is 11.5. The lowest BCUT2D eigenvalue weighted by atomic mass is 10.0. The van der Waals surface area contributed by atoms with Crippen LogP contribution in [0.2, 0.25) is 0 Å². The van der Waals surface area contributed by atoms with Gasteiger partial charge < -0.3 is 4.90 Å². The SMILES string of the molecule is C#CC#CC#CC#CC#CC#CC#CC#CC#CC#CC#CC#CC#CC#CC#CC#CC#CC#CC#CC#CC#CC#CC#CC#CC#CC#CC#CC#CC#CC#CC#CC#CC#CC#CC#CC#CC#CC#CC#CC#CC#CC#CC#CC#CC#CC#CC#CC#CC#CC#CC#CC#CC#CC#CC#CC#N.[C-]#[N+]c1ccc(N2C(=O)C(C)(C)N(c3ccc(C)cc3)C2=S)cc1F. The summed E-state index contributed by atoms with van der Waals surface area (Å²) in [5.74, 6) is 269. The highest BCUT2D eigenvalue weighted by molar-refractivity contribution is 7.81. The van der Waals surface area contributed by atoms with Crippen molar-refractivity contribution in [2.24, 2.45) is 0 Å². The maximum absolute atomic E-state index is 14.0. The molecule has 0 bridgehead atoms. The molecule has 2 aromatic rings. The van der Waals surface area contributed by atoms with Crippen molar-refractivity contribution in [3.8, 4) is 658 Å². The Morgan fingerprint density at radius 1 is 0.263 bits per heavy atom. The molecular weight excluding hydrogens is 1680 g/mol. The zero-order valence-corrected chi connectivity index (χ0v) is 70.9. The van der Waals surface area contributed by atoms with E-state index in [1.807, 2.05) is 31.2 Å². The summed E-state index contributed by atoms with van der Waals surface area (Å²) in [6, 6.07) is 13.4. The fourth-order valence-corrected chi connectivity index (χ4v) is 6.77. The molecule has 0 radical (unpaired) electrons. The normalized spacial score (nSPS) is 6.20. The number of carbonyl (C=O) groups excluding carboxylic acids is 1. The highest BCUT2D eigenvalue weighted by Crippen LogP contribution is 2.37. The summed E-state index contributed by atoms with van der Waals surface area (Å²) in [6.45, 7) is 12.5. The van der Waals surface area contributed by atoms with Crippen LogP contribution in [0.3, 0.4) is 0 Å². The third-order valence-electron chi connectivity index (χ3n) is 11.1. The number of benzene rings is 2. The third kappa shape index (κ3) is 64.2. The van der Waals surface area contributed by atoms with Gasteiger partial charge in [-0.25, -0.2) is 9.24 Å². The number of aryl methyl sites for hydroxylation is 1. The summed E-state index contributed by atoms with van der Waals surface area (Å²) in [7, 11) is 0. The molecule has 0 atom stereocenters. The average Bonchev–Trinajstić information content (AvgIpc) is 1.59. The number of nitriles is 1. The first kappa shape index (κ1) is 106. The van der Waals surface area contributed by atoms with Gasteiger partial charge in [0.15, 0.2) is 11.2 Å². The van der Waals surface area contributed by atoms with Crippen molar-refractivity contribution in [3.63, 3.8) is 0 Å². The Morgan fingerprint density at radius 2 is 0.409 bits per heavy atom. The summed E-state index contributed by atoms with van der Waals surface area (Å²) < 4.78 is 14.0. The maximum atomic E-state index is 14.0. The number of rotatable bonds is 2. The standard InChI is InChI=1S/C111HN.C19H16FN3OS/c1-2-3-4-5-6-7-8-9-10-11-12-13-14-15-16-17-18-19-20-21-22-23-24-25-26-27-28-29-30-31-32-33-34-35-36-37-38-39-40-41-42-43-44-45-46-47-48-49-50-51-52-53-54-55-56-57-58-59-60-61-62-63-64-65-66-67-68-69-70-71-72-73-74-75-76-77-78-79-80-81-82-83-84-85-86-87-88-89-90-91-92-93-94-95-96-97-98-99-100-101-102-103-104-105-106-107-108-109-110-111-112;1-12-5-7-13(8-6-12)23-18(25)22(17(24)19(23,2)3)14-9-10-16(21-4)15(20)11-14/h1H;5-11H,1-3H3. The molecule has 0 aromatic heterocycles. The summed E-state index contributed by atoms with van der Waals surface area (Å²) in [5, 5.41) is 8.51. The molecule has 0 unspecified atom stereocenters. The van der Waals surface area contributed by atoms with E-state index in [-0.39, 0.29) is 16.7 Å². The fraction of sp³-hybridized carbons (Fsp3) is 0.0308. The van der Waals surface area contributed by atoms with Gasteiger partial charge in [-0.05, 0) is 105 Å². The molecule has 2 aromatic carbocycles. The lowest BCUT2D eigenvalue weighted by Gasteiger charge is -2.29. The summed E-state index contributed by atoms with van der Waals surface area (Å²) in [6.07, 6.45) is 4.95. The van der Waals surface area contributed by atoms with Gasteiger partial charge in [-0.15, -0.1) is 6.42 Å². The molecule has 1 amide bonds. The van der Waals surface area contributed by atoms with Crippen molar-refractivity contribution in [2.45, 2.75) is 26.3 Å². The molecule has 1 aliphatic rings. The predicted molar refractivity (Wildman–Crippen MR) is 535 cm³/mol. The fourth-order valence-electron chi connectivity index (χ4n) is 6.25. The summed E-state index contributed by atoms with van der Waals surface area (Å²) in [4.78, 5) is 19.2. The monoisotopic (exact) mass is 1700 g/mol. The lowest BCUT2D eigenvalue weighted by molar-refractivity contribution is -0.120. The Hall–Kier alpha value is -27.5. The van der Waals surface area contributed by atoms with Crippen LogP contribution in [-0.2, 0) is 4.79 Å². The van der Waals surface area contributed by atoms with Crippen LogP contribution in [-0.4, -0.2) is 16.6 Å². The summed E-state index contributed by atoms with van der Waals surface area (Å²) in [5.41, 5.74) is 1.24. The number of anilines is 2. The van der Waals surface area contributed by atoms with Gasteiger partial charge in [0.2, 0.25) is 5.69 Å². The number of nitrogens with zero attached hydrogens (tertiary/aromatic N) is 4. The van der Waals surface area contributed by atoms with Crippen LogP contribution in [0.15, 0.2) is 42.5 Å². The maximum Gasteiger partial charge on any atom is 0.259 e. The van der Waals surface area contributed by atoms with Gasteiger partial charge in [0, 0.05) is 604 Å². The van der Waals surface area contributed by atoms with E-state index < -0.39 is 11.4 Å². The van der Waals surface area contributed by atoms with Crippen LogP contribution >= 0.6 is 12.2 Å². The van der Waals surface area contributed by atoms with E-state index in [1.165, 1.54) is 23.1 Å². The number of halogens is 1. The van der Waals surface area contributed by atoms with Crippen molar-refractivity contribution in [1.29, 1.82) is 5.26 Å². The Balaban J connectivity index is 0.00000215. The van der Waals surface area contributed by atoms with Crippen LogP contribution in [0.4, 0.5) is 21.5 Å². The van der Waals surface area contributed by atoms with Crippen LogP contribution in [0.25, 0.3) is 4.85 Å². The summed E-state index contributed by atoms with van der Waals surface area (Å²) >= 11 is 5.54. The minimum Gasteiger partial charge on any atom is -0.304 e. The topological polar surface area (TPSA) is 51.7 Å². The van der Waals surface area contributed by atoms with Gasteiger partial charge in [-0.1, -0.05) is 23.8 Å². The van der Waals surface area contributed by atoms with Gasteiger partial charge in [-0.3, -0.25) is 9.69 Å². The zero-order valence-electron chi connectivity index (χ0n) is 70.1. The quantitative estimate of drug-likeness (QED) is 0.244. The van der Waals surface area contributed by atoms with E-state index in [1.54, 1.807) is 24.8 Å². The van der Waals surface area contributed by atoms with Crippen molar-refractivity contribution in [3.05, 3.63) is 65.3 Å². The van der Waals surface area contributed by atoms with Gasteiger partial charge in [0.1, 0.15) is 11.4 Å². The largest absolute Gasteiger partial charge is 0.304 e. The molecule has 137 heavy (non-hydrogen) atoms. The molecule has 0 N–H and O–H groups in total. The first-order valence-corrected chi connectivity index (χ1v) is 35.9. The highest BCUT2D eigenvalue weighted by atomic mass is 32.1. The highest BCUT2D eigenvalue weighted by Gasteiger charge is 2.50. The first-order valence-electron chi connectivity index (χ1n) is 35.5. The number of thiocarbonyl (C=S) groups is 1. The zero-order chi connectivity index (χ0) is 98.1. The molecule has 5 nitrogen and oxygen atoms in total. The van der Waals surface area contributed by atoms with Crippen LogP contribution in [0.1, 0.15) is 19.4 Å². The molecular formula is C130H17FN4OS. The Morgan fingerprint density at radius 3 is 0.547 bits per heavy atom. The molecule has 0 aliphatic carbocycles. The second-order valence-electron chi connectivity index (χ2n) is 20.2. The number of terminal acetylenes is 1. The van der Waals surface area contributed by atoms with Crippen molar-refractivity contribution in [1.82, 2.24) is 0 Å². The van der Waals surface area contributed by atoms with E-state index in [9.17, 15) is 9.18 Å². The van der Waals surface area contributed by atoms with Crippen molar-refractivity contribution >= 4 is 40.3 Å². The number of carbonyl (C=O) groups is 1. The second kappa shape index (κ2) is 82.2.